The van der Waals surface area contributed by atoms with Crippen molar-refractivity contribution in [2.75, 3.05) is 20.2 Å². The van der Waals surface area contributed by atoms with Crippen molar-refractivity contribution in [1.29, 1.82) is 0 Å². The molecule has 0 spiro atoms. The molecule has 1 rings (SSSR count). The van der Waals surface area contributed by atoms with Gasteiger partial charge in [0.1, 0.15) is 0 Å². The lowest BCUT2D eigenvalue weighted by atomic mass is 10.2. The summed E-state index contributed by atoms with van der Waals surface area (Å²) in [5.41, 5.74) is 1.12. The van der Waals surface area contributed by atoms with Gasteiger partial charge in [0.05, 0.1) is 6.61 Å². The third-order valence-electron chi connectivity index (χ3n) is 3.10. The highest BCUT2D eigenvalue weighted by atomic mass is 16.5. The molecule has 0 fully saturated rings. The van der Waals surface area contributed by atoms with Gasteiger partial charge in [-0.25, -0.2) is 0 Å². The lowest BCUT2D eigenvalue weighted by Gasteiger charge is -2.16. The van der Waals surface area contributed by atoms with E-state index >= 15 is 0 Å². The number of carboxylic acid groups (broad SMARTS) is 1. The minimum absolute atomic E-state index is 0.0312. The van der Waals surface area contributed by atoms with Gasteiger partial charge in [0.25, 0.3) is 0 Å². The predicted octanol–water partition coefficient (Wildman–Crippen LogP) is 2.31. The van der Waals surface area contributed by atoms with E-state index < -0.39 is 5.97 Å². The van der Waals surface area contributed by atoms with Crippen molar-refractivity contribution in [3.05, 3.63) is 35.9 Å². The van der Waals surface area contributed by atoms with E-state index in [-0.39, 0.29) is 12.3 Å². The zero-order chi connectivity index (χ0) is 15.5. The van der Waals surface area contributed by atoms with Crippen LogP contribution in [0.15, 0.2) is 30.3 Å². The summed E-state index contributed by atoms with van der Waals surface area (Å²) in [6, 6.07) is 9.90. The van der Waals surface area contributed by atoms with Gasteiger partial charge in [-0.05, 0) is 18.4 Å². The number of carbonyl (C=O) groups is 2. The van der Waals surface area contributed by atoms with Crippen molar-refractivity contribution in [1.82, 2.24) is 4.90 Å². The SMILES string of the molecule is CN(CCCC(=O)O)C(=O)CCCOCc1ccccc1. The molecule has 0 radical (unpaired) electrons. The summed E-state index contributed by atoms with van der Waals surface area (Å²) in [4.78, 5) is 23.7. The van der Waals surface area contributed by atoms with Gasteiger partial charge in [0, 0.05) is 33.0 Å². The van der Waals surface area contributed by atoms with Crippen LogP contribution in [0.2, 0.25) is 0 Å². The zero-order valence-electron chi connectivity index (χ0n) is 12.5. The van der Waals surface area contributed by atoms with E-state index in [1.165, 1.54) is 0 Å². The molecule has 0 saturated heterocycles. The zero-order valence-corrected chi connectivity index (χ0v) is 12.5. The Kier molecular flexibility index (Phi) is 8.12. The second-order valence-corrected chi connectivity index (χ2v) is 4.95. The summed E-state index contributed by atoms with van der Waals surface area (Å²) in [5.74, 6) is -0.797. The smallest absolute Gasteiger partial charge is 0.303 e. The molecule has 21 heavy (non-hydrogen) atoms. The van der Waals surface area contributed by atoms with Gasteiger partial charge >= 0.3 is 5.97 Å². The van der Waals surface area contributed by atoms with Crippen LogP contribution in [0.25, 0.3) is 0 Å². The fourth-order valence-electron chi connectivity index (χ4n) is 1.87. The van der Waals surface area contributed by atoms with Crippen LogP contribution in [-0.4, -0.2) is 42.1 Å². The van der Waals surface area contributed by atoms with Gasteiger partial charge in [-0.15, -0.1) is 0 Å². The van der Waals surface area contributed by atoms with E-state index in [1.54, 1.807) is 11.9 Å². The molecule has 1 aromatic carbocycles. The van der Waals surface area contributed by atoms with Crippen molar-refractivity contribution in [3.63, 3.8) is 0 Å². The topological polar surface area (TPSA) is 66.8 Å². The van der Waals surface area contributed by atoms with Gasteiger partial charge in [0.15, 0.2) is 0 Å². The molecule has 0 saturated carbocycles. The van der Waals surface area contributed by atoms with Crippen LogP contribution < -0.4 is 0 Å². The highest BCUT2D eigenvalue weighted by Gasteiger charge is 2.08. The molecule has 0 aromatic heterocycles. The second-order valence-electron chi connectivity index (χ2n) is 4.95. The molecule has 0 heterocycles. The normalized spacial score (nSPS) is 10.3. The molecule has 116 valence electrons. The quantitative estimate of drug-likeness (QED) is 0.672. The molecule has 5 heteroatoms. The predicted molar refractivity (Wildman–Crippen MR) is 79.8 cm³/mol. The third-order valence-corrected chi connectivity index (χ3v) is 3.10. The minimum atomic E-state index is -0.829. The molecule has 0 unspecified atom stereocenters. The fourth-order valence-corrected chi connectivity index (χ4v) is 1.87. The van der Waals surface area contributed by atoms with Crippen LogP contribution in [-0.2, 0) is 20.9 Å². The Balaban J connectivity index is 2.06. The van der Waals surface area contributed by atoms with Crippen molar-refractivity contribution in [2.24, 2.45) is 0 Å². The number of nitrogens with zero attached hydrogens (tertiary/aromatic N) is 1. The molecule has 0 atom stereocenters. The summed E-state index contributed by atoms with van der Waals surface area (Å²) in [5, 5.41) is 8.54. The number of hydrogen-bond acceptors (Lipinski definition) is 3. The molecular weight excluding hydrogens is 270 g/mol. The van der Waals surface area contributed by atoms with Crippen LogP contribution in [0.3, 0.4) is 0 Å². The number of benzene rings is 1. The van der Waals surface area contributed by atoms with Crippen molar-refractivity contribution < 1.29 is 19.4 Å². The molecule has 5 nitrogen and oxygen atoms in total. The standard InChI is InChI=1S/C16H23NO4/c1-17(11-5-10-16(19)20)15(18)9-6-12-21-13-14-7-3-2-4-8-14/h2-4,7-8H,5-6,9-13H2,1H3,(H,19,20). The van der Waals surface area contributed by atoms with Crippen LogP contribution in [0.1, 0.15) is 31.2 Å². The molecule has 1 amide bonds. The van der Waals surface area contributed by atoms with E-state index in [4.69, 9.17) is 9.84 Å². The summed E-state index contributed by atoms with van der Waals surface area (Å²) in [7, 11) is 1.70. The third kappa shape index (κ3) is 8.09. The second kappa shape index (κ2) is 9.94. The first-order valence-electron chi connectivity index (χ1n) is 7.17. The number of aliphatic carboxylic acids is 1. The molecule has 0 aliphatic heterocycles. The van der Waals surface area contributed by atoms with Crippen LogP contribution >= 0.6 is 0 Å². The molecule has 1 N–H and O–H groups in total. The van der Waals surface area contributed by atoms with E-state index in [0.717, 1.165) is 5.56 Å². The summed E-state index contributed by atoms with van der Waals surface area (Å²) >= 11 is 0. The Morgan fingerprint density at radius 1 is 1.14 bits per heavy atom. The van der Waals surface area contributed by atoms with Crippen molar-refractivity contribution in [2.45, 2.75) is 32.3 Å². The minimum Gasteiger partial charge on any atom is -0.481 e. The summed E-state index contributed by atoms with van der Waals surface area (Å²) in [6.45, 7) is 1.59. The first-order valence-corrected chi connectivity index (χ1v) is 7.17. The molecule has 0 bridgehead atoms. The average Bonchev–Trinajstić information content (AvgIpc) is 2.47. The Bertz CT molecular complexity index is 433. The Hall–Kier alpha value is -1.88. The van der Waals surface area contributed by atoms with Gasteiger partial charge in [-0.3, -0.25) is 9.59 Å². The largest absolute Gasteiger partial charge is 0.481 e. The van der Waals surface area contributed by atoms with Crippen LogP contribution in [0.4, 0.5) is 0 Å². The number of carboxylic acids is 1. The van der Waals surface area contributed by atoms with Gasteiger partial charge in [-0.1, -0.05) is 30.3 Å². The van der Waals surface area contributed by atoms with Gasteiger partial charge in [-0.2, -0.15) is 0 Å². The number of amides is 1. The monoisotopic (exact) mass is 293 g/mol. The van der Waals surface area contributed by atoms with Gasteiger partial charge in [0.2, 0.25) is 5.91 Å². The average molecular weight is 293 g/mol. The Labute approximate surface area is 125 Å². The lowest BCUT2D eigenvalue weighted by molar-refractivity contribution is -0.138. The lowest BCUT2D eigenvalue weighted by Crippen LogP contribution is -2.28. The first-order chi connectivity index (χ1) is 10.1. The summed E-state index contributed by atoms with van der Waals surface area (Å²) < 4.78 is 5.51. The van der Waals surface area contributed by atoms with Crippen LogP contribution in [0.5, 0.6) is 0 Å². The number of carbonyl (C=O) groups excluding carboxylic acids is 1. The number of rotatable bonds is 10. The number of hydrogen-bond donors (Lipinski definition) is 1. The Morgan fingerprint density at radius 3 is 2.52 bits per heavy atom. The van der Waals surface area contributed by atoms with Crippen LogP contribution in [0, 0.1) is 0 Å². The molecule has 1 aromatic rings. The summed E-state index contributed by atoms with van der Waals surface area (Å²) in [6.07, 6.45) is 1.69. The maximum atomic E-state index is 11.8. The van der Waals surface area contributed by atoms with E-state index in [2.05, 4.69) is 0 Å². The highest BCUT2D eigenvalue weighted by Crippen LogP contribution is 2.03. The van der Waals surface area contributed by atoms with E-state index in [9.17, 15) is 9.59 Å². The van der Waals surface area contributed by atoms with Crippen molar-refractivity contribution in [3.8, 4) is 0 Å². The van der Waals surface area contributed by atoms with E-state index in [0.29, 0.717) is 39.0 Å². The fraction of sp³-hybridized carbons (Fsp3) is 0.500. The molecular formula is C16H23NO4. The highest BCUT2D eigenvalue weighted by molar-refractivity contribution is 5.75. The maximum absolute atomic E-state index is 11.8. The van der Waals surface area contributed by atoms with Gasteiger partial charge < -0.3 is 14.7 Å². The Morgan fingerprint density at radius 2 is 1.86 bits per heavy atom. The number of ether oxygens (including phenoxy) is 1. The molecule has 0 aliphatic rings. The molecule has 0 aliphatic carbocycles. The first kappa shape index (κ1) is 17.2. The van der Waals surface area contributed by atoms with E-state index in [1.807, 2.05) is 30.3 Å². The maximum Gasteiger partial charge on any atom is 0.303 e. The van der Waals surface area contributed by atoms with Crippen molar-refractivity contribution >= 4 is 11.9 Å².